The van der Waals surface area contributed by atoms with Crippen molar-refractivity contribution in [3.8, 4) is 0 Å². The Bertz CT molecular complexity index is 578. The Kier molecular flexibility index (Phi) is 4.90. The van der Waals surface area contributed by atoms with Crippen molar-refractivity contribution < 1.29 is 4.92 Å². The summed E-state index contributed by atoms with van der Waals surface area (Å²) in [5.74, 6) is 0. The molecular weight excluding hydrogens is 254 g/mol. The zero-order valence-corrected chi connectivity index (χ0v) is 11.6. The number of hydrogen-bond donors (Lipinski definition) is 1. The number of hydrogen-bond acceptors (Lipinski definition) is 3. The molecule has 0 spiro atoms. The van der Waals surface area contributed by atoms with Gasteiger partial charge in [-0.3, -0.25) is 10.1 Å². The van der Waals surface area contributed by atoms with Crippen LogP contribution in [0.2, 0.25) is 0 Å². The number of nitrogens with zero attached hydrogens (tertiary/aromatic N) is 2. The first-order chi connectivity index (χ1) is 9.70. The van der Waals surface area contributed by atoms with Crippen molar-refractivity contribution in [2.24, 2.45) is 0 Å². The molecule has 0 saturated heterocycles. The minimum Gasteiger partial charge on any atom is -0.354 e. The van der Waals surface area contributed by atoms with Crippen LogP contribution in [0.4, 0.5) is 5.69 Å². The van der Waals surface area contributed by atoms with E-state index >= 15 is 0 Å². The molecule has 0 radical (unpaired) electrons. The van der Waals surface area contributed by atoms with Gasteiger partial charge in [0, 0.05) is 37.1 Å². The zero-order chi connectivity index (χ0) is 14.4. The molecule has 0 amide bonds. The summed E-state index contributed by atoms with van der Waals surface area (Å²) in [6.07, 6.45) is 4.76. The fourth-order valence-corrected chi connectivity index (χ4v) is 2.15. The van der Waals surface area contributed by atoms with E-state index in [9.17, 15) is 10.1 Å². The van der Waals surface area contributed by atoms with Gasteiger partial charge in [0.15, 0.2) is 0 Å². The van der Waals surface area contributed by atoms with E-state index in [0.717, 1.165) is 25.2 Å². The normalized spacial score (nSPS) is 10.7. The number of nitro groups is 1. The fourth-order valence-electron chi connectivity index (χ4n) is 2.15. The predicted octanol–water partition coefficient (Wildman–Crippen LogP) is 2.75. The average Bonchev–Trinajstić information content (AvgIpc) is 2.91. The summed E-state index contributed by atoms with van der Waals surface area (Å²) in [4.78, 5) is 10.6. The second-order valence-corrected chi connectivity index (χ2v) is 4.67. The lowest BCUT2D eigenvalue weighted by atomic mass is 10.1. The van der Waals surface area contributed by atoms with Gasteiger partial charge in [0.1, 0.15) is 0 Å². The van der Waals surface area contributed by atoms with Crippen LogP contribution < -0.4 is 5.32 Å². The molecule has 1 aromatic carbocycles. The molecule has 0 saturated carbocycles. The number of benzene rings is 1. The third kappa shape index (κ3) is 3.68. The van der Waals surface area contributed by atoms with Gasteiger partial charge in [-0.2, -0.15) is 0 Å². The Morgan fingerprint density at radius 3 is 2.85 bits per heavy atom. The second kappa shape index (κ2) is 6.86. The Hall–Kier alpha value is -2.14. The SMILES string of the molecule is CCNCc1ccn(CCc2ccccc2[N+](=O)[O-])c1. The predicted molar refractivity (Wildman–Crippen MR) is 78.6 cm³/mol. The van der Waals surface area contributed by atoms with Crippen LogP contribution in [-0.2, 0) is 19.5 Å². The quantitative estimate of drug-likeness (QED) is 0.623. The molecule has 0 fully saturated rings. The van der Waals surface area contributed by atoms with E-state index in [1.165, 1.54) is 5.56 Å². The molecule has 0 aliphatic rings. The standard InChI is InChI=1S/C15H19N3O2/c1-2-16-11-13-7-9-17(12-13)10-8-14-5-3-4-6-15(14)18(19)20/h3-7,9,12,16H,2,8,10-11H2,1H3. The lowest BCUT2D eigenvalue weighted by molar-refractivity contribution is -0.385. The van der Waals surface area contributed by atoms with Gasteiger partial charge in [0.25, 0.3) is 5.69 Å². The van der Waals surface area contributed by atoms with Crippen LogP contribution in [0.1, 0.15) is 18.1 Å². The highest BCUT2D eigenvalue weighted by Crippen LogP contribution is 2.18. The number of nitrogens with one attached hydrogen (secondary N) is 1. The van der Waals surface area contributed by atoms with E-state index in [-0.39, 0.29) is 10.6 Å². The molecule has 1 aromatic heterocycles. The highest BCUT2D eigenvalue weighted by atomic mass is 16.6. The first kappa shape index (κ1) is 14.3. The van der Waals surface area contributed by atoms with E-state index in [1.54, 1.807) is 12.1 Å². The summed E-state index contributed by atoms with van der Waals surface area (Å²) in [6, 6.07) is 8.99. The molecule has 5 nitrogen and oxygen atoms in total. The maximum Gasteiger partial charge on any atom is 0.272 e. The summed E-state index contributed by atoms with van der Waals surface area (Å²) in [5.41, 5.74) is 2.21. The second-order valence-electron chi connectivity index (χ2n) is 4.67. The van der Waals surface area contributed by atoms with Crippen LogP contribution >= 0.6 is 0 Å². The van der Waals surface area contributed by atoms with Gasteiger partial charge in [0.05, 0.1) is 4.92 Å². The van der Waals surface area contributed by atoms with Gasteiger partial charge in [-0.05, 0) is 24.6 Å². The van der Waals surface area contributed by atoms with Gasteiger partial charge in [0.2, 0.25) is 0 Å². The van der Waals surface area contributed by atoms with Gasteiger partial charge in [-0.15, -0.1) is 0 Å². The van der Waals surface area contributed by atoms with E-state index < -0.39 is 0 Å². The number of nitro benzene ring substituents is 1. The number of rotatable bonds is 7. The lowest BCUT2D eigenvalue weighted by Gasteiger charge is -2.04. The number of aryl methyl sites for hydroxylation is 2. The third-order valence-electron chi connectivity index (χ3n) is 3.22. The molecule has 2 rings (SSSR count). The highest BCUT2D eigenvalue weighted by molar-refractivity contribution is 5.39. The van der Waals surface area contributed by atoms with E-state index in [4.69, 9.17) is 0 Å². The number of aromatic nitrogens is 1. The molecule has 0 unspecified atom stereocenters. The van der Waals surface area contributed by atoms with Crippen LogP contribution in [0.3, 0.4) is 0 Å². The Balaban J connectivity index is 1.98. The molecule has 0 bridgehead atoms. The smallest absolute Gasteiger partial charge is 0.272 e. The maximum atomic E-state index is 10.9. The highest BCUT2D eigenvalue weighted by Gasteiger charge is 2.11. The van der Waals surface area contributed by atoms with Crippen LogP contribution in [0.15, 0.2) is 42.7 Å². The van der Waals surface area contributed by atoms with E-state index in [1.807, 2.05) is 18.3 Å². The average molecular weight is 273 g/mol. The minimum atomic E-state index is -0.318. The number of para-hydroxylation sites is 1. The fraction of sp³-hybridized carbons (Fsp3) is 0.333. The Labute approximate surface area is 118 Å². The van der Waals surface area contributed by atoms with Crippen molar-refractivity contribution in [2.75, 3.05) is 6.54 Å². The van der Waals surface area contributed by atoms with E-state index in [2.05, 4.69) is 29.1 Å². The van der Waals surface area contributed by atoms with Gasteiger partial charge in [-0.25, -0.2) is 0 Å². The molecule has 2 aromatic rings. The summed E-state index contributed by atoms with van der Waals surface area (Å²) < 4.78 is 2.07. The van der Waals surface area contributed by atoms with Crippen LogP contribution in [0, 0.1) is 10.1 Å². The summed E-state index contributed by atoms with van der Waals surface area (Å²) in [5, 5.41) is 14.2. The summed E-state index contributed by atoms with van der Waals surface area (Å²) in [7, 11) is 0. The summed E-state index contributed by atoms with van der Waals surface area (Å²) >= 11 is 0. The van der Waals surface area contributed by atoms with Gasteiger partial charge in [-0.1, -0.05) is 25.1 Å². The van der Waals surface area contributed by atoms with Crippen molar-refractivity contribution in [1.29, 1.82) is 0 Å². The third-order valence-corrected chi connectivity index (χ3v) is 3.22. The molecule has 1 N–H and O–H groups in total. The monoisotopic (exact) mass is 273 g/mol. The zero-order valence-electron chi connectivity index (χ0n) is 11.6. The van der Waals surface area contributed by atoms with Crippen molar-refractivity contribution >= 4 is 5.69 Å². The van der Waals surface area contributed by atoms with Crippen molar-refractivity contribution in [1.82, 2.24) is 9.88 Å². The molecule has 0 aliphatic carbocycles. The van der Waals surface area contributed by atoms with Crippen LogP contribution in [-0.4, -0.2) is 16.0 Å². The van der Waals surface area contributed by atoms with Gasteiger partial charge >= 0.3 is 0 Å². The lowest BCUT2D eigenvalue weighted by Crippen LogP contribution is -2.11. The molecular formula is C15H19N3O2. The summed E-state index contributed by atoms with van der Waals surface area (Å²) in [6.45, 7) is 4.62. The molecule has 0 atom stereocenters. The Morgan fingerprint density at radius 1 is 1.30 bits per heavy atom. The first-order valence-electron chi connectivity index (χ1n) is 6.78. The van der Waals surface area contributed by atoms with Crippen LogP contribution in [0.5, 0.6) is 0 Å². The maximum absolute atomic E-state index is 10.9. The van der Waals surface area contributed by atoms with Crippen molar-refractivity contribution in [3.05, 3.63) is 64.0 Å². The largest absolute Gasteiger partial charge is 0.354 e. The van der Waals surface area contributed by atoms with Crippen LogP contribution in [0.25, 0.3) is 0 Å². The first-order valence-corrected chi connectivity index (χ1v) is 6.78. The van der Waals surface area contributed by atoms with Gasteiger partial charge < -0.3 is 9.88 Å². The molecule has 1 heterocycles. The van der Waals surface area contributed by atoms with Crippen molar-refractivity contribution in [2.45, 2.75) is 26.4 Å². The van der Waals surface area contributed by atoms with Crippen molar-refractivity contribution in [3.63, 3.8) is 0 Å². The topological polar surface area (TPSA) is 60.1 Å². The molecule has 20 heavy (non-hydrogen) atoms. The Morgan fingerprint density at radius 2 is 2.10 bits per heavy atom. The molecule has 0 aliphatic heterocycles. The minimum absolute atomic E-state index is 0.201. The molecule has 106 valence electrons. The van der Waals surface area contributed by atoms with E-state index in [0.29, 0.717) is 6.42 Å². The molecule has 5 heteroatoms.